The predicted octanol–water partition coefficient (Wildman–Crippen LogP) is 4.68. The van der Waals surface area contributed by atoms with Gasteiger partial charge in [-0.3, -0.25) is 0 Å². The van der Waals surface area contributed by atoms with Crippen molar-refractivity contribution in [3.05, 3.63) is 54.1 Å². The molecule has 0 aliphatic heterocycles. The SMILES string of the molecule is Cc1occc1-c1nnc(S[C@H](C)c2nnc(-c3ccc(F)cc3)o2)o1. The number of nitrogens with zero attached hydrogens (tertiary/aromatic N) is 4. The minimum Gasteiger partial charge on any atom is -0.469 e. The molecule has 0 aliphatic carbocycles. The molecule has 0 aliphatic rings. The van der Waals surface area contributed by atoms with Crippen LogP contribution in [-0.2, 0) is 0 Å². The molecule has 26 heavy (non-hydrogen) atoms. The average Bonchev–Trinajstić information content (AvgIpc) is 3.36. The van der Waals surface area contributed by atoms with Gasteiger partial charge in [-0.1, -0.05) is 11.8 Å². The number of thioether (sulfide) groups is 1. The Morgan fingerprint density at radius 3 is 2.46 bits per heavy atom. The zero-order chi connectivity index (χ0) is 18.1. The Labute approximate surface area is 151 Å². The van der Waals surface area contributed by atoms with Crippen LogP contribution in [0.25, 0.3) is 22.9 Å². The van der Waals surface area contributed by atoms with Gasteiger partial charge in [0.1, 0.15) is 11.6 Å². The Morgan fingerprint density at radius 1 is 0.962 bits per heavy atom. The van der Waals surface area contributed by atoms with E-state index < -0.39 is 0 Å². The number of halogens is 1. The molecule has 3 aromatic heterocycles. The Kier molecular flexibility index (Phi) is 4.29. The highest BCUT2D eigenvalue weighted by Gasteiger charge is 2.20. The number of benzene rings is 1. The number of rotatable bonds is 5. The van der Waals surface area contributed by atoms with Gasteiger partial charge in [0.05, 0.1) is 17.1 Å². The summed E-state index contributed by atoms with van der Waals surface area (Å²) < 4.78 is 29.6. The van der Waals surface area contributed by atoms with Crippen molar-refractivity contribution >= 4 is 11.8 Å². The van der Waals surface area contributed by atoms with Gasteiger partial charge in [-0.15, -0.1) is 20.4 Å². The normalized spacial score (nSPS) is 12.4. The van der Waals surface area contributed by atoms with E-state index in [-0.39, 0.29) is 11.1 Å². The minimum atomic E-state index is -0.322. The highest BCUT2D eigenvalue weighted by Crippen LogP contribution is 2.36. The molecular formula is C17H13FN4O3S. The monoisotopic (exact) mass is 372 g/mol. The first-order chi connectivity index (χ1) is 12.6. The Hall–Kier alpha value is -2.94. The summed E-state index contributed by atoms with van der Waals surface area (Å²) in [6, 6.07) is 7.63. The van der Waals surface area contributed by atoms with Gasteiger partial charge >= 0.3 is 0 Å². The van der Waals surface area contributed by atoms with Crippen LogP contribution in [0, 0.1) is 12.7 Å². The van der Waals surface area contributed by atoms with Crippen molar-refractivity contribution in [3.63, 3.8) is 0 Å². The maximum Gasteiger partial charge on any atom is 0.277 e. The van der Waals surface area contributed by atoms with Crippen LogP contribution in [0.1, 0.15) is 23.8 Å². The van der Waals surface area contributed by atoms with E-state index in [4.69, 9.17) is 13.3 Å². The zero-order valence-corrected chi connectivity index (χ0v) is 14.7. The molecule has 7 nitrogen and oxygen atoms in total. The van der Waals surface area contributed by atoms with Crippen molar-refractivity contribution in [2.24, 2.45) is 0 Å². The van der Waals surface area contributed by atoms with Crippen molar-refractivity contribution in [2.75, 3.05) is 0 Å². The molecule has 0 fully saturated rings. The molecule has 0 saturated heterocycles. The standard InChI is InChI=1S/C17H13FN4O3S/c1-9-13(7-8-23-9)16-21-22-17(25-16)26-10(2)14-19-20-15(24-14)11-3-5-12(18)6-4-11/h3-8,10H,1-2H3/t10-/m1/s1. The first kappa shape index (κ1) is 16.5. The smallest absolute Gasteiger partial charge is 0.277 e. The van der Waals surface area contributed by atoms with E-state index in [2.05, 4.69) is 20.4 Å². The lowest BCUT2D eigenvalue weighted by Crippen LogP contribution is -1.88. The summed E-state index contributed by atoms with van der Waals surface area (Å²) >= 11 is 1.30. The fraction of sp³-hybridized carbons (Fsp3) is 0.176. The van der Waals surface area contributed by atoms with Crippen LogP contribution >= 0.6 is 11.8 Å². The molecule has 4 aromatic rings. The van der Waals surface area contributed by atoms with Crippen molar-refractivity contribution in [1.29, 1.82) is 0 Å². The molecule has 0 amide bonds. The third-order valence-corrected chi connectivity index (χ3v) is 4.57. The van der Waals surface area contributed by atoms with Gasteiger partial charge in [0.2, 0.25) is 11.8 Å². The van der Waals surface area contributed by atoms with Crippen molar-refractivity contribution in [3.8, 4) is 22.9 Å². The van der Waals surface area contributed by atoms with E-state index in [0.29, 0.717) is 34.2 Å². The summed E-state index contributed by atoms with van der Waals surface area (Å²) in [5.41, 5.74) is 1.41. The summed E-state index contributed by atoms with van der Waals surface area (Å²) in [5, 5.41) is 16.3. The maximum absolute atomic E-state index is 13.0. The highest BCUT2D eigenvalue weighted by molar-refractivity contribution is 7.99. The van der Waals surface area contributed by atoms with E-state index in [1.807, 2.05) is 13.8 Å². The lowest BCUT2D eigenvalue weighted by atomic mass is 10.2. The van der Waals surface area contributed by atoms with Crippen LogP contribution < -0.4 is 0 Å². The van der Waals surface area contributed by atoms with Crippen molar-refractivity contribution in [1.82, 2.24) is 20.4 Å². The molecule has 1 atom stereocenters. The largest absolute Gasteiger partial charge is 0.469 e. The number of furan rings is 1. The molecule has 0 bridgehead atoms. The van der Waals surface area contributed by atoms with Gasteiger partial charge in [-0.05, 0) is 44.2 Å². The van der Waals surface area contributed by atoms with E-state index in [1.54, 1.807) is 24.5 Å². The van der Waals surface area contributed by atoms with Crippen LogP contribution in [0.2, 0.25) is 0 Å². The minimum absolute atomic E-state index is 0.199. The highest BCUT2D eigenvalue weighted by atomic mass is 32.2. The average molecular weight is 372 g/mol. The van der Waals surface area contributed by atoms with Gasteiger partial charge < -0.3 is 13.3 Å². The molecule has 9 heteroatoms. The fourth-order valence-corrected chi connectivity index (χ4v) is 3.00. The van der Waals surface area contributed by atoms with E-state index in [9.17, 15) is 4.39 Å². The number of aromatic nitrogens is 4. The summed E-state index contributed by atoms with van der Waals surface area (Å²) in [6.07, 6.45) is 1.57. The molecule has 0 radical (unpaired) electrons. The predicted molar refractivity (Wildman–Crippen MR) is 90.7 cm³/mol. The second-order valence-electron chi connectivity index (χ2n) is 5.48. The van der Waals surface area contributed by atoms with Gasteiger partial charge in [0.25, 0.3) is 11.1 Å². The van der Waals surface area contributed by atoms with Crippen molar-refractivity contribution in [2.45, 2.75) is 24.3 Å². The maximum atomic E-state index is 13.0. The quantitative estimate of drug-likeness (QED) is 0.466. The summed E-state index contributed by atoms with van der Waals surface area (Å²) in [5.74, 6) is 1.52. The molecule has 0 unspecified atom stereocenters. The third-order valence-electron chi connectivity index (χ3n) is 3.65. The summed E-state index contributed by atoms with van der Waals surface area (Å²) in [6.45, 7) is 3.71. The third kappa shape index (κ3) is 3.25. The van der Waals surface area contributed by atoms with E-state index >= 15 is 0 Å². The topological polar surface area (TPSA) is 91.0 Å². The molecule has 0 N–H and O–H groups in total. The van der Waals surface area contributed by atoms with Gasteiger partial charge in [-0.25, -0.2) is 4.39 Å². The van der Waals surface area contributed by atoms with Crippen LogP contribution in [-0.4, -0.2) is 20.4 Å². The first-order valence-corrected chi connectivity index (χ1v) is 8.62. The second-order valence-corrected chi connectivity index (χ2v) is 6.77. The van der Waals surface area contributed by atoms with Crippen LogP contribution in [0.15, 0.2) is 55.1 Å². The molecule has 3 heterocycles. The Morgan fingerprint density at radius 2 is 1.73 bits per heavy atom. The molecule has 4 rings (SSSR count). The Balaban J connectivity index is 1.49. The van der Waals surface area contributed by atoms with Crippen LogP contribution in [0.4, 0.5) is 4.39 Å². The lowest BCUT2D eigenvalue weighted by Gasteiger charge is -2.01. The van der Waals surface area contributed by atoms with Gasteiger partial charge in [-0.2, -0.15) is 0 Å². The van der Waals surface area contributed by atoms with Crippen LogP contribution in [0.5, 0.6) is 0 Å². The van der Waals surface area contributed by atoms with E-state index in [0.717, 1.165) is 5.56 Å². The summed E-state index contributed by atoms with van der Waals surface area (Å²) in [4.78, 5) is 0. The lowest BCUT2D eigenvalue weighted by molar-refractivity contribution is 0.459. The van der Waals surface area contributed by atoms with Crippen LogP contribution in [0.3, 0.4) is 0 Å². The fourth-order valence-electron chi connectivity index (χ4n) is 2.28. The molecule has 0 saturated carbocycles. The van der Waals surface area contributed by atoms with Gasteiger partial charge in [0, 0.05) is 5.56 Å². The Bertz CT molecular complexity index is 1020. The molecule has 132 valence electrons. The number of aryl methyl sites for hydroxylation is 1. The molecular weight excluding hydrogens is 359 g/mol. The zero-order valence-electron chi connectivity index (χ0n) is 13.8. The molecule has 0 spiro atoms. The summed E-state index contributed by atoms with van der Waals surface area (Å²) in [7, 11) is 0. The van der Waals surface area contributed by atoms with E-state index in [1.165, 1.54) is 23.9 Å². The van der Waals surface area contributed by atoms with Gasteiger partial charge in [0.15, 0.2) is 0 Å². The number of hydrogen-bond donors (Lipinski definition) is 0. The second kappa shape index (κ2) is 6.75. The number of hydrogen-bond acceptors (Lipinski definition) is 8. The first-order valence-electron chi connectivity index (χ1n) is 7.74. The molecule has 1 aromatic carbocycles. The van der Waals surface area contributed by atoms with Crippen molar-refractivity contribution < 1.29 is 17.6 Å².